The smallest absolute Gasteiger partial charge is 0.253 e. The number of carbonyl (C=O) groups is 3. The average molecular weight is 439 g/mol. The number of rotatable bonds is 8. The highest BCUT2D eigenvalue weighted by Crippen LogP contribution is 2.21. The van der Waals surface area contributed by atoms with Gasteiger partial charge in [-0.05, 0) is 55.7 Å². The number of thioether (sulfide) groups is 1. The number of carbonyl (C=O) groups excluding carboxylic acids is 3. The molecule has 0 spiro atoms. The number of hydrogen-bond acceptors (Lipinski definition) is 4. The van der Waals surface area contributed by atoms with Crippen LogP contribution in [0.15, 0.2) is 42.5 Å². The minimum atomic E-state index is -0.757. The van der Waals surface area contributed by atoms with Gasteiger partial charge in [-0.3, -0.25) is 14.4 Å². The van der Waals surface area contributed by atoms with Gasteiger partial charge in [-0.25, -0.2) is 0 Å². The van der Waals surface area contributed by atoms with E-state index in [1.165, 1.54) is 19.1 Å². The summed E-state index contributed by atoms with van der Waals surface area (Å²) < 4.78 is 0. The molecular weight excluding hydrogens is 419 g/mol. The first-order valence-electron chi connectivity index (χ1n) is 8.48. The Morgan fingerprint density at radius 3 is 2.50 bits per heavy atom. The first-order chi connectivity index (χ1) is 13.3. The molecule has 0 aliphatic rings. The van der Waals surface area contributed by atoms with E-state index in [2.05, 4.69) is 10.6 Å². The van der Waals surface area contributed by atoms with E-state index in [4.69, 9.17) is 23.2 Å². The molecule has 0 aliphatic heterocycles. The Bertz CT molecular complexity index is 890. The Labute approximate surface area is 178 Å². The third kappa shape index (κ3) is 6.26. The molecule has 2 aromatic carbocycles. The predicted molar refractivity (Wildman–Crippen MR) is 116 cm³/mol. The minimum absolute atomic E-state index is 0.0966. The van der Waals surface area contributed by atoms with Crippen molar-refractivity contribution in [1.82, 2.24) is 5.32 Å². The standard InChI is InChI=1S/C20H20Cl2N2O3S/c1-12(25)13-4-3-5-15(10-13)23-20(27)18(8-9-28-2)24-19(26)16-7-6-14(21)11-17(16)22/h3-7,10-11,18H,8-9H2,1-2H3,(H,23,27)(H,24,26). The molecule has 0 bridgehead atoms. The number of ketones is 1. The molecule has 0 radical (unpaired) electrons. The highest BCUT2D eigenvalue weighted by Gasteiger charge is 2.22. The molecule has 2 aromatic rings. The van der Waals surface area contributed by atoms with Gasteiger partial charge < -0.3 is 10.6 Å². The number of anilines is 1. The van der Waals surface area contributed by atoms with Crippen molar-refractivity contribution in [1.29, 1.82) is 0 Å². The Morgan fingerprint density at radius 2 is 1.86 bits per heavy atom. The Morgan fingerprint density at radius 1 is 1.11 bits per heavy atom. The summed E-state index contributed by atoms with van der Waals surface area (Å²) in [5, 5.41) is 6.12. The van der Waals surface area contributed by atoms with E-state index in [1.807, 2.05) is 6.26 Å². The monoisotopic (exact) mass is 438 g/mol. The van der Waals surface area contributed by atoms with Crippen molar-refractivity contribution in [3.8, 4) is 0 Å². The van der Waals surface area contributed by atoms with Crippen molar-refractivity contribution in [2.45, 2.75) is 19.4 Å². The maximum atomic E-state index is 12.7. The van der Waals surface area contributed by atoms with Crippen molar-refractivity contribution in [3.05, 3.63) is 63.6 Å². The summed E-state index contributed by atoms with van der Waals surface area (Å²) in [6.07, 6.45) is 2.36. The highest BCUT2D eigenvalue weighted by molar-refractivity contribution is 7.98. The number of nitrogens with one attached hydrogen (secondary N) is 2. The van der Waals surface area contributed by atoms with E-state index >= 15 is 0 Å². The van der Waals surface area contributed by atoms with Crippen molar-refractivity contribution < 1.29 is 14.4 Å². The van der Waals surface area contributed by atoms with Crippen molar-refractivity contribution in [2.75, 3.05) is 17.3 Å². The lowest BCUT2D eigenvalue weighted by atomic mass is 10.1. The number of hydrogen-bond donors (Lipinski definition) is 2. The maximum Gasteiger partial charge on any atom is 0.253 e. The molecule has 2 rings (SSSR count). The average Bonchev–Trinajstić information content (AvgIpc) is 2.65. The van der Waals surface area contributed by atoms with Gasteiger partial charge in [0.15, 0.2) is 5.78 Å². The molecule has 148 valence electrons. The van der Waals surface area contributed by atoms with Crippen molar-refractivity contribution in [3.63, 3.8) is 0 Å². The molecule has 2 amide bonds. The van der Waals surface area contributed by atoms with Gasteiger partial charge in [0.2, 0.25) is 5.91 Å². The van der Waals surface area contributed by atoms with Crippen LogP contribution in [0.3, 0.4) is 0 Å². The lowest BCUT2D eigenvalue weighted by molar-refractivity contribution is -0.118. The normalized spacial score (nSPS) is 11.6. The summed E-state index contributed by atoms with van der Waals surface area (Å²) in [4.78, 5) is 36.8. The topological polar surface area (TPSA) is 75.3 Å². The molecule has 5 nitrogen and oxygen atoms in total. The molecule has 0 heterocycles. The third-order valence-electron chi connectivity index (χ3n) is 3.94. The fraction of sp³-hybridized carbons (Fsp3) is 0.250. The molecule has 1 unspecified atom stereocenters. The molecule has 0 aliphatic carbocycles. The molecule has 0 fully saturated rings. The van der Waals surface area contributed by atoms with Gasteiger partial charge in [0.05, 0.1) is 10.6 Å². The molecule has 0 aromatic heterocycles. The van der Waals surface area contributed by atoms with E-state index < -0.39 is 11.9 Å². The lowest BCUT2D eigenvalue weighted by Crippen LogP contribution is -2.44. The largest absolute Gasteiger partial charge is 0.340 e. The summed E-state index contributed by atoms with van der Waals surface area (Å²) in [6, 6.07) is 10.4. The van der Waals surface area contributed by atoms with E-state index in [0.717, 1.165) is 0 Å². The van der Waals surface area contributed by atoms with Crippen LogP contribution >= 0.6 is 35.0 Å². The molecular formula is C20H20Cl2N2O3S. The van der Waals surface area contributed by atoms with Gasteiger partial charge >= 0.3 is 0 Å². The summed E-state index contributed by atoms with van der Waals surface area (Å²) in [5.41, 5.74) is 1.23. The van der Waals surface area contributed by atoms with Crippen LogP contribution < -0.4 is 10.6 Å². The fourth-order valence-electron chi connectivity index (χ4n) is 2.46. The van der Waals surface area contributed by atoms with Crippen LogP contribution in [-0.2, 0) is 4.79 Å². The molecule has 0 saturated carbocycles. The highest BCUT2D eigenvalue weighted by atomic mass is 35.5. The number of halogens is 2. The van der Waals surface area contributed by atoms with Crippen LogP contribution in [0, 0.1) is 0 Å². The van der Waals surface area contributed by atoms with Gasteiger partial charge in [0.1, 0.15) is 6.04 Å². The number of benzene rings is 2. The first kappa shape index (κ1) is 22.3. The molecule has 8 heteroatoms. The van der Waals surface area contributed by atoms with Gasteiger partial charge in [-0.2, -0.15) is 11.8 Å². The van der Waals surface area contributed by atoms with Gasteiger partial charge in [-0.15, -0.1) is 0 Å². The van der Waals surface area contributed by atoms with Crippen LogP contribution in [0.5, 0.6) is 0 Å². The van der Waals surface area contributed by atoms with Crippen LogP contribution in [0.4, 0.5) is 5.69 Å². The second-order valence-electron chi connectivity index (χ2n) is 6.06. The third-order valence-corrected chi connectivity index (χ3v) is 5.14. The number of Topliss-reactive ketones (excluding diaryl/α,β-unsaturated/α-hetero) is 1. The summed E-state index contributed by atoms with van der Waals surface area (Å²) in [5.74, 6) is -0.241. The number of amides is 2. The Hall–Kier alpha value is -2.02. The van der Waals surface area contributed by atoms with Gasteiger partial charge in [0, 0.05) is 16.3 Å². The first-order valence-corrected chi connectivity index (χ1v) is 10.6. The zero-order valence-electron chi connectivity index (χ0n) is 15.4. The second kappa shape index (κ2) is 10.5. The maximum absolute atomic E-state index is 12.7. The zero-order chi connectivity index (χ0) is 20.7. The van der Waals surface area contributed by atoms with Crippen LogP contribution in [0.25, 0.3) is 0 Å². The van der Waals surface area contributed by atoms with Crippen LogP contribution in [0.1, 0.15) is 34.1 Å². The molecule has 0 saturated heterocycles. The zero-order valence-corrected chi connectivity index (χ0v) is 17.8. The molecule has 2 N–H and O–H groups in total. The fourth-order valence-corrected chi connectivity index (χ4v) is 3.43. The van der Waals surface area contributed by atoms with E-state index in [-0.39, 0.29) is 22.3 Å². The van der Waals surface area contributed by atoms with Gasteiger partial charge in [0.25, 0.3) is 5.91 Å². The Kier molecular flexibility index (Phi) is 8.35. The van der Waals surface area contributed by atoms with Crippen LogP contribution in [-0.4, -0.2) is 35.6 Å². The summed E-state index contributed by atoms with van der Waals surface area (Å²) in [6.45, 7) is 1.46. The molecule has 1 atom stereocenters. The summed E-state index contributed by atoms with van der Waals surface area (Å²) >= 11 is 13.5. The molecule has 28 heavy (non-hydrogen) atoms. The summed E-state index contributed by atoms with van der Waals surface area (Å²) in [7, 11) is 0. The Balaban J connectivity index is 2.15. The van der Waals surface area contributed by atoms with Crippen LogP contribution in [0.2, 0.25) is 10.0 Å². The lowest BCUT2D eigenvalue weighted by Gasteiger charge is -2.19. The predicted octanol–water partition coefficient (Wildman–Crippen LogP) is 4.69. The van der Waals surface area contributed by atoms with Crippen molar-refractivity contribution in [2.24, 2.45) is 0 Å². The van der Waals surface area contributed by atoms with Crippen molar-refractivity contribution >= 4 is 58.2 Å². The van der Waals surface area contributed by atoms with Gasteiger partial charge in [-0.1, -0.05) is 35.3 Å². The van der Waals surface area contributed by atoms with E-state index in [0.29, 0.717) is 28.4 Å². The quantitative estimate of drug-likeness (QED) is 0.586. The van der Waals surface area contributed by atoms with E-state index in [9.17, 15) is 14.4 Å². The minimum Gasteiger partial charge on any atom is -0.340 e. The van der Waals surface area contributed by atoms with E-state index in [1.54, 1.807) is 42.1 Å². The second-order valence-corrected chi connectivity index (χ2v) is 7.89. The SMILES string of the molecule is CSCCC(NC(=O)c1ccc(Cl)cc1Cl)C(=O)Nc1cccc(C(C)=O)c1.